The molecule has 0 aliphatic carbocycles. The number of thiophene rings is 1. The lowest BCUT2D eigenvalue weighted by atomic mass is 9.97. The third-order valence-corrected chi connectivity index (χ3v) is 4.20. The van der Waals surface area contributed by atoms with Gasteiger partial charge in [0, 0.05) is 17.5 Å². The van der Waals surface area contributed by atoms with Gasteiger partial charge in [0.25, 0.3) is 5.91 Å². The second kappa shape index (κ2) is 5.14. The van der Waals surface area contributed by atoms with E-state index in [1.54, 1.807) is 0 Å². The van der Waals surface area contributed by atoms with E-state index < -0.39 is 11.7 Å². The highest BCUT2D eigenvalue weighted by Gasteiger charge is 2.26. The van der Waals surface area contributed by atoms with Crippen LogP contribution in [0, 0.1) is 0 Å². The summed E-state index contributed by atoms with van der Waals surface area (Å²) in [7, 11) is 0. The fourth-order valence-electron chi connectivity index (χ4n) is 2.15. The van der Waals surface area contributed by atoms with Gasteiger partial charge in [0.15, 0.2) is 11.5 Å². The minimum atomic E-state index is -0.679. The highest BCUT2D eigenvalue weighted by molar-refractivity contribution is 7.17. The number of nitrogens with one attached hydrogen (secondary N) is 2. The third-order valence-electron chi connectivity index (χ3n) is 3.05. The van der Waals surface area contributed by atoms with Crippen LogP contribution in [0.5, 0.6) is 0 Å². The molecule has 1 aliphatic rings. The number of carbonyl (C=O) groups is 2. The predicted molar refractivity (Wildman–Crippen MR) is 74.7 cm³/mol. The van der Waals surface area contributed by atoms with Crippen LogP contribution >= 0.6 is 11.3 Å². The second-order valence-corrected chi connectivity index (χ2v) is 5.76. The van der Waals surface area contributed by atoms with Gasteiger partial charge in [-0.15, -0.1) is 11.3 Å². The Kier molecular flexibility index (Phi) is 3.73. The van der Waals surface area contributed by atoms with Crippen molar-refractivity contribution < 1.29 is 14.7 Å². The molecule has 1 aromatic rings. The topological polar surface area (TPSA) is 78.4 Å². The number of ketones is 1. The summed E-state index contributed by atoms with van der Waals surface area (Å²) < 4.78 is 0. The van der Waals surface area contributed by atoms with Crippen LogP contribution in [0.2, 0.25) is 0 Å². The molecule has 19 heavy (non-hydrogen) atoms. The first kappa shape index (κ1) is 13.8. The van der Waals surface area contributed by atoms with E-state index in [-0.39, 0.29) is 5.78 Å². The first-order valence-corrected chi connectivity index (χ1v) is 6.80. The smallest absolute Gasteiger partial charge is 0.290 e. The van der Waals surface area contributed by atoms with Gasteiger partial charge in [0.2, 0.25) is 0 Å². The number of fused-ring (bicyclic) bond motifs is 1. The molecule has 6 heteroatoms. The fraction of sp³-hybridized carbons (Fsp3) is 0.385. The minimum absolute atomic E-state index is 0.0783. The molecule has 0 aromatic carbocycles. The number of Topliss-reactive ketones (excluding diaryl/α,β-unsaturated/α-hetero) is 1. The zero-order valence-corrected chi connectivity index (χ0v) is 11.7. The Hall–Kier alpha value is -1.66. The molecule has 1 amide bonds. The van der Waals surface area contributed by atoms with Crippen LogP contribution in [-0.2, 0) is 17.8 Å². The number of amides is 1. The molecule has 5 nitrogen and oxygen atoms in total. The summed E-state index contributed by atoms with van der Waals surface area (Å²) in [5, 5.41) is 15.4. The van der Waals surface area contributed by atoms with Crippen molar-refractivity contribution in [3.05, 3.63) is 28.3 Å². The number of rotatable bonds is 3. The Morgan fingerprint density at radius 2 is 2.21 bits per heavy atom. The average molecular weight is 280 g/mol. The molecule has 0 radical (unpaired) electrons. The molecule has 0 fully saturated rings. The summed E-state index contributed by atoms with van der Waals surface area (Å²) in [6.45, 7) is 7.40. The maximum absolute atomic E-state index is 11.8. The molecule has 0 saturated carbocycles. The number of hydrogen-bond donors (Lipinski definition) is 3. The van der Waals surface area contributed by atoms with E-state index in [4.69, 9.17) is 5.11 Å². The summed E-state index contributed by atoms with van der Waals surface area (Å²) in [6, 6.07) is 0.302. The van der Waals surface area contributed by atoms with Crippen molar-refractivity contribution in [1.29, 1.82) is 0 Å². The lowest BCUT2D eigenvalue weighted by Gasteiger charge is -2.20. The molecule has 0 saturated heterocycles. The van der Waals surface area contributed by atoms with E-state index in [1.165, 1.54) is 18.3 Å². The van der Waals surface area contributed by atoms with Crippen molar-refractivity contribution in [2.45, 2.75) is 32.9 Å². The first-order valence-electron chi connectivity index (χ1n) is 5.98. The molecule has 1 aliphatic heterocycles. The van der Waals surface area contributed by atoms with Crippen molar-refractivity contribution in [2.75, 3.05) is 5.32 Å². The van der Waals surface area contributed by atoms with E-state index in [9.17, 15) is 9.59 Å². The van der Waals surface area contributed by atoms with Crippen molar-refractivity contribution in [3.8, 4) is 0 Å². The molecule has 1 atom stereocenters. The van der Waals surface area contributed by atoms with Gasteiger partial charge in [-0.3, -0.25) is 9.59 Å². The average Bonchev–Trinajstić information content (AvgIpc) is 2.65. The third kappa shape index (κ3) is 2.69. The van der Waals surface area contributed by atoms with E-state index in [1.807, 2.05) is 0 Å². The van der Waals surface area contributed by atoms with E-state index >= 15 is 0 Å². The SMILES string of the molecule is C=C(O)C(=O)Nc1sc2c(c1C(C)=O)C[C@@H](C)NC2. The Balaban J connectivity index is 2.41. The Bertz CT molecular complexity index is 562. The zero-order valence-electron chi connectivity index (χ0n) is 10.9. The van der Waals surface area contributed by atoms with Crippen LogP contribution < -0.4 is 10.6 Å². The second-order valence-electron chi connectivity index (χ2n) is 4.65. The van der Waals surface area contributed by atoms with Gasteiger partial charge in [-0.2, -0.15) is 0 Å². The molecular formula is C13H16N2O3S. The van der Waals surface area contributed by atoms with Crippen LogP contribution in [-0.4, -0.2) is 22.8 Å². The Labute approximate surface area is 115 Å². The van der Waals surface area contributed by atoms with Gasteiger partial charge in [-0.05, 0) is 25.8 Å². The molecule has 0 spiro atoms. The maximum Gasteiger partial charge on any atom is 0.290 e. The summed E-state index contributed by atoms with van der Waals surface area (Å²) in [5.74, 6) is -1.32. The van der Waals surface area contributed by atoms with Crippen molar-refractivity contribution in [2.24, 2.45) is 0 Å². The highest BCUT2D eigenvalue weighted by atomic mass is 32.1. The summed E-state index contributed by atoms with van der Waals surface area (Å²) in [6.07, 6.45) is 0.761. The van der Waals surface area contributed by atoms with Gasteiger partial charge in [0.05, 0.1) is 5.56 Å². The van der Waals surface area contributed by atoms with Crippen LogP contribution in [0.25, 0.3) is 0 Å². The fourth-order valence-corrected chi connectivity index (χ4v) is 3.38. The van der Waals surface area contributed by atoms with Gasteiger partial charge in [-0.25, -0.2) is 0 Å². The van der Waals surface area contributed by atoms with Crippen LogP contribution in [0.15, 0.2) is 12.3 Å². The summed E-state index contributed by atoms with van der Waals surface area (Å²) in [4.78, 5) is 24.3. The largest absolute Gasteiger partial charge is 0.503 e. The lowest BCUT2D eigenvalue weighted by Crippen LogP contribution is -2.32. The quantitative estimate of drug-likeness (QED) is 0.449. The predicted octanol–water partition coefficient (Wildman–Crippen LogP) is 2.00. The van der Waals surface area contributed by atoms with Gasteiger partial charge in [0.1, 0.15) is 5.00 Å². The maximum atomic E-state index is 11.8. The Morgan fingerprint density at radius 1 is 1.53 bits per heavy atom. The lowest BCUT2D eigenvalue weighted by molar-refractivity contribution is -0.115. The zero-order chi connectivity index (χ0) is 14.2. The van der Waals surface area contributed by atoms with Crippen molar-refractivity contribution >= 4 is 28.0 Å². The van der Waals surface area contributed by atoms with Gasteiger partial charge >= 0.3 is 0 Å². The highest BCUT2D eigenvalue weighted by Crippen LogP contribution is 2.36. The van der Waals surface area contributed by atoms with Crippen LogP contribution in [0.1, 0.15) is 34.6 Å². The molecule has 0 bridgehead atoms. The molecule has 102 valence electrons. The van der Waals surface area contributed by atoms with Crippen molar-refractivity contribution in [3.63, 3.8) is 0 Å². The van der Waals surface area contributed by atoms with E-state index in [0.717, 1.165) is 16.9 Å². The van der Waals surface area contributed by atoms with E-state index in [0.29, 0.717) is 23.2 Å². The molecule has 0 unspecified atom stereocenters. The number of aliphatic hydroxyl groups excluding tert-OH is 1. The van der Waals surface area contributed by atoms with Crippen molar-refractivity contribution in [1.82, 2.24) is 5.32 Å². The van der Waals surface area contributed by atoms with Gasteiger partial charge < -0.3 is 15.7 Å². The number of hydrogen-bond acceptors (Lipinski definition) is 5. The number of aliphatic hydroxyl groups is 1. The summed E-state index contributed by atoms with van der Waals surface area (Å²) in [5.41, 5.74) is 1.56. The first-order chi connectivity index (χ1) is 8.90. The number of carbonyl (C=O) groups excluding carboxylic acids is 2. The molecule has 2 heterocycles. The van der Waals surface area contributed by atoms with Gasteiger partial charge in [-0.1, -0.05) is 6.58 Å². The standard InChI is InChI=1S/C13H16N2O3S/c1-6-4-9-10(5-14-6)19-13(11(9)7(2)16)15-12(18)8(3)17/h6,14,17H,3-5H2,1-2H3,(H,15,18)/t6-/m1/s1. The number of anilines is 1. The molecule has 3 N–H and O–H groups in total. The Morgan fingerprint density at radius 3 is 2.79 bits per heavy atom. The molecular weight excluding hydrogens is 264 g/mol. The normalized spacial score (nSPS) is 17.7. The summed E-state index contributed by atoms with van der Waals surface area (Å²) >= 11 is 1.37. The monoisotopic (exact) mass is 280 g/mol. The van der Waals surface area contributed by atoms with E-state index in [2.05, 4.69) is 24.1 Å². The van der Waals surface area contributed by atoms with Crippen LogP contribution in [0.3, 0.4) is 0 Å². The van der Waals surface area contributed by atoms with Crippen LogP contribution in [0.4, 0.5) is 5.00 Å². The minimum Gasteiger partial charge on any atom is -0.503 e. The molecule has 2 rings (SSSR count). The molecule has 1 aromatic heterocycles.